The van der Waals surface area contributed by atoms with Crippen LogP contribution in [-0.4, -0.2) is 21.1 Å². The summed E-state index contributed by atoms with van der Waals surface area (Å²) >= 11 is 0. The predicted octanol–water partition coefficient (Wildman–Crippen LogP) is 2.41. The number of nitrogens with one attached hydrogen (secondary N) is 1. The maximum Gasteiger partial charge on any atom is 0.224 e. The first kappa shape index (κ1) is 16.9. The van der Waals surface area contributed by atoms with E-state index in [2.05, 4.69) is 5.32 Å². The molecule has 0 aliphatic rings. The van der Waals surface area contributed by atoms with Gasteiger partial charge < -0.3 is 11.1 Å². The molecule has 5 heteroatoms. The van der Waals surface area contributed by atoms with Crippen LogP contribution >= 0.6 is 0 Å². The molecule has 1 aromatic carbocycles. The van der Waals surface area contributed by atoms with Crippen LogP contribution in [0.3, 0.4) is 0 Å². The number of benzene rings is 1. The first-order valence-corrected chi connectivity index (χ1v) is 8.41. The number of rotatable bonds is 8. The lowest BCUT2D eigenvalue weighted by atomic mass is 10.1. The second-order valence-corrected chi connectivity index (χ2v) is 6.79. The Morgan fingerprint density at radius 3 is 2.75 bits per heavy atom. The summed E-state index contributed by atoms with van der Waals surface area (Å²) < 4.78 is 11.8. The summed E-state index contributed by atoms with van der Waals surface area (Å²) in [6.07, 6.45) is 1.94. The average molecular weight is 296 g/mol. The molecule has 0 aromatic heterocycles. The van der Waals surface area contributed by atoms with Gasteiger partial charge in [0.1, 0.15) is 0 Å². The van der Waals surface area contributed by atoms with Gasteiger partial charge in [0.15, 0.2) is 0 Å². The molecule has 0 heterocycles. The summed E-state index contributed by atoms with van der Waals surface area (Å²) in [6, 6.07) is 7.50. The number of carbonyl (C=O) groups excluding carboxylic acids is 1. The molecule has 0 spiro atoms. The van der Waals surface area contributed by atoms with Gasteiger partial charge in [-0.3, -0.25) is 9.00 Å². The SMILES string of the molecule is CCC(C)S(=O)CCCC(=O)Nc1ccccc1CN. The smallest absolute Gasteiger partial charge is 0.224 e. The molecule has 1 rings (SSSR count). The van der Waals surface area contributed by atoms with Crippen LogP contribution in [0.15, 0.2) is 24.3 Å². The highest BCUT2D eigenvalue weighted by atomic mass is 32.2. The summed E-state index contributed by atoms with van der Waals surface area (Å²) in [4.78, 5) is 11.9. The Bertz CT molecular complexity index is 463. The molecular weight excluding hydrogens is 272 g/mol. The fourth-order valence-electron chi connectivity index (χ4n) is 1.80. The van der Waals surface area contributed by atoms with Crippen molar-refractivity contribution < 1.29 is 9.00 Å². The van der Waals surface area contributed by atoms with E-state index in [1.54, 1.807) is 0 Å². The van der Waals surface area contributed by atoms with Gasteiger partial charge in [-0.2, -0.15) is 0 Å². The van der Waals surface area contributed by atoms with Crippen LogP contribution in [0.2, 0.25) is 0 Å². The number of amides is 1. The summed E-state index contributed by atoms with van der Waals surface area (Å²) in [6.45, 7) is 4.40. The Hall–Kier alpha value is -1.20. The monoisotopic (exact) mass is 296 g/mol. The second-order valence-electron chi connectivity index (χ2n) is 4.82. The van der Waals surface area contributed by atoms with E-state index in [4.69, 9.17) is 5.73 Å². The third-order valence-electron chi connectivity index (χ3n) is 3.28. The van der Waals surface area contributed by atoms with Gasteiger partial charge in [0, 0.05) is 40.5 Å². The zero-order chi connectivity index (χ0) is 15.0. The van der Waals surface area contributed by atoms with Crippen molar-refractivity contribution in [1.29, 1.82) is 0 Å². The molecular formula is C15H24N2O2S. The van der Waals surface area contributed by atoms with E-state index in [-0.39, 0.29) is 11.2 Å². The minimum atomic E-state index is -0.834. The Balaban J connectivity index is 2.39. The number of para-hydroxylation sites is 1. The summed E-state index contributed by atoms with van der Waals surface area (Å²) in [5, 5.41) is 3.07. The third-order valence-corrected chi connectivity index (χ3v) is 5.21. The quantitative estimate of drug-likeness (QED) is 0.774. The maximum atomic E-state index is 11.9. The molecule has 20 heavy (non-hydrogen) atoms. The van der Waals surface area contributed by atoms with Gasteiger partial charge in [0.05, 0.1) is 0 Å². The number of nitrogens with two attached hydrogens (primary N) is 1. The molecule has 3 N–H and O–H groups in total. The molecule has 0 aliphatic heterocycles. The second kappa shape index (κ2) is 8.87. The van der Waals surface area contributed by atoms with Gasteiger partial charge in [-0.05, 0) is 24.5 Å². The van der Waals surface area contributed by atoms with Crippen molar-refractivity contribution in [2.24, 2.45) is 5.73 Å². The average Bonchev–Trinajstić information content (AvgIpc) is 2.46. The van der Waals surface area contributed by atoms with Crippen LogP contribution in [0, 0.1) is 0 Å². The largest absolute Gasteiger partial charge is 0.326 e. The van der Waals surface area contributed by atoms with E-state index in [9.17, 15) is 9.00 Å². The number of carbonyl (C=O) groups is 1. The zero-order valence-corrected chi connectivity index (χ0v) is 13.0. The third kappa shape index (κ3) is 5.43. The molecule has 0 saturated carbocycles. The van der Waals surface area contributed by atoms with E-state index >= 15 is 0 Å². The molecule has 2 unspecified atom stereocenters. The number of hydrogen-bond acceptors (Lipinski definition) is 3. The summed E-state index contributed by atoms with van der Waals surface area (Å²) in [5.41, 5.74) is 7.31. The molecule has 1 amide bonds. The fraction of sp³-hybridized carbons (Fsp3) is 0.533. The van der Waals surface area contributed by atoms with Gasteiger partial charge in [0.2, 0.25) is 5.91 Å². The molecule has 0 saturated heterocycles. The highest BCUT2D eigenvalue weighted by Gasteiger charge is 2.10. The fourth-order valence-corrected chi connectivity index (χ4v) is 3.00. The van der Waals surface area contributed by atoms with Crippen molar-refractivity contribution in [2.45, 2.75) is 44.9 Å². The first-order valence-electron chi connectivity index (χ1n) is 7.03. The minimum absolute atomic E-state index is 0.0490. The van der Waals surface area contributed by atoms with Gasteiger partial charge >= 0.3 is 0 Å². The van der Waals surface area contributed by atoms with Crippen molar-refractivity contribution in [3.8, 4) is 0 Å². The normalized spacial score (nSPS) is 13.8. The molecule has 0 bridgehead atoms. The van der Waals surface area contributed by atoms with Crippen molar-refractivity contribution in [3.63, 3.8) is 0 Å². The van der Waals surface area contributed by atoms with Crippen molar-refractivity contribution in [2.75, 3.05) is 11.1 Å². The van der Waals surface area contributed by atoms with E-state index in [0.29, 0.717) is 25.1 Å². The van der Waals surface area contributed by atoms with Crippen molar-refractivity contribution in [1.82, 2.24) is 0 Å². The van der Waals surface area contributed by atoms with Crippen LogP contribution < -0.4 is 11.1 Å². The number of hydrogen-bond donors (Lipinski definition) is 2. The lowest BCUT2D eigenvalue weighted by Gasteiger charge is -2.10. The van der Waals surface area contributed by atoms with Gasteiger partial charge in [-0.15, -0.1) is 0 Å². The highest BCUT2D eigenvalue weighted by Crippen LogP contribution is 2.14. The topological polar surface area (TPSA) is 72.2 Å². The maximum absolute atomic E-state index is 11.9. The Morgan fingerprint density at radius 2 is 2.10 bits per heavy atom. The lowest BCUT2D eigenvalue weighted by molar-refractivity contribution is -0.116. The zero-order valence-electron chi connectivity index (χ0n) is 12.2. The molecule has 0 aliphatic carbocycles. The molecule has 4 nitrogen and oxygen atoms in total. The predicted molar refractivity (Wildman–Crippen MR) is 85.0 cm³/mol. The molecule has 2 atom stereocenters. The van der Waals surface area contributed by atoms with E-state index in [1.165, 1.54) is 0 Å². The Labute approximate surface area is 123 Å². The molecule has 1 aromatic rings. The summed E-state index contributed by atoms with van der Waals surface area (Å²) in [7, 11) is -0.834. The van der Waals surface area contributed by atoms with Gasteiger partial charge in [-0.1, -0.05) is 32.0 Å². The van der Waals surface area contributed by atoms with Crippen LogP contribution in [0.5, 0.6) is 0 Å². The van der Waals surface area contributed by atoms with Crippen LogP contribution in [0.4, 0.5) is 5.69 Å². The van der Waals surface area contributed by atoms with E-state index in [1.807, 2.05) is 38.1 Å². The van der Waals surface area contributed by atoms with Crippen LogP contribution in [-0.2, 0) is 22.1 Å². The number of anilines is 1. The molecule has 112 valence electrons. The minimum Gasteiger partial charge on any atom is -0.326 e. The first-order chi connectivity index (χ1) is 9.58. The summed E-state index contributed by atoms with van der Waals surface area (Å²) in [5.74, 6) is 0.535. The molecule has 0 radical (unpaired) electrons. The molecule has 0 fully saturated rings. The highest BCUT2D eigenvalue weighted by molar-refractivity contribution is 7.85. The van der Waals surface area contributed by atoms with Crippen LogP contribution in [0.1, 0.15) is 38.7 Å². The standard InChI is InChI=1S/C15H24N2O2S/c1-3-12(2)20(19)10-6-9-15(18)17-14-8-5-4-7-13(14)11-16/h4-5,7-8,12H,3,6,9-11,16H2,1-2H3,(H,17,18). The van der Waals surface area contributed by atoms with Gasteiger partial charge in [-0.25, -0.2) is 0 Å². The lowest BCUT2D eigenvalue weighted by Crippen LogP contribution is -2.17. The van der Waals surface area contributed by atoms with E-state index in [0.717, 1.165) is 17.7 Å². The Morgan fingerprint density at radius 1 is 1.40 bits per heavy atom. The Kier molecular flexibility index (Phi) is 7.47. The van der Waals surface area contributed by atoms with Crippen molar-refractivity contribution in [3.05, 3.63) is 29.8 Å². The van der Waals surface area contributed by atoms with Gasteiger partial charge in [0.25, 0.3) is 0 Å². The van der Waals surface area contributed by atoms with Crippen molar-refractivity contribution >= 4 is 22.4 Å². The van der Waals surface area contributed by atoms with E-state index < -0.39 is 10.8 Å². The van der Waals surface area contributed by atoms with Crippen LogP contribution in [0.25, 0.3) is 0 Å².